The maximum absolute atomic E-state index is 11.9. The third-order valence-electron chi connectivity index (χ3n) is 2.91. The minimum absolute atomic E-state index is 0.138. The maximum atomic E-state index is 11.9. The molecule has 0 spiro atoms. The molecule has 108 valence electrons. The molecule has 1 aromatic heterocycles. The minimum Gasteiger partial charge on any atom is -0.355 e. The molecule has 0 atom stereocenters. The van der Waals surface area contributed by atoms with Gasteiger partial charge in [-0.15, -0.1) is 0 Å². The number of amides is 2. The van der Waals surface area contributed by atoms with Gasteiger partial charge in [0.25, 0.3) is 11.8 Å². The van der Waals surface area contributed by atoms with E-state index in [9.17, 15) is 9.59 Å². The Bertz CT molecular complexity index is 636. The number of carbonyl (C=O) groups excluding carboxylic acids is 2. The van der Waals surface area contributed by atoms with E-state index >= 15 is 0 Å². The summed E-state index contributed by atoms with van der Waals surface area (Å²) in [5, 5.41) is 5.31. The van der Waals surface area contributed by atoms with Crippen molar-refractivity contribution in [3.05, 3.63) is 59.2 Å². The van der Waals surface area contributed by atoms with Gasteiger partial charge in [-0.25, -0.2) is 4.98 Å². The van der Waals surface area contributed by atoms with Gasteiger partial charge in [0.05, 0.1) is 11.9 Å². The molecule has 2 aromatic rings. The fraction of sp³-hybridized carbons (Fsp3) is 0.200. The lowest BCUT2D eigenvalue weighted by Crippen LogP contribution is -2.24. The van der Waals surface area contributed by atoms with Gasteiger partial charge in [0.1, 0.15) is 5.69 Å². The Labute approximate surface area is 122 Å². The van der Waals surface area contributed by atoms with Gasteiger partial charge < -0.3 is 10.6 Å². The van der Waals surface area contributed by atoms with Gasteiger partial charge in [-0.05, 0) is 24.6 Å². The van der Waals surface area contributed by atoms with Crippen LogP contribution < -0.4 is 10.6 Å². The van der Waals surface area contributed by atoms with Crippen LogP contribution in [0, 0.1) is 6.92 Å². The van der Waals surface area contributed by atoms with Crippen LogP contribution in [0.15, 0.2) is 36.7 Å². The molecule has 2 N–H and O–H groups in total. The van der Waals surface area contributed by atoms with Crippen LogP contribution in [0.25, 0.3) is 0 Å². The van der Waals surface area contributed by atoms with E-state index in [1.807, 2.05) is 6.92 Å². The second-order valence-electron chi connectivity index (χ2n) is 4.50. The molecule has 6 heteroatoms. The highest BCUT2D eigenvalue weighted by Gasteiger charge is 2.07. The lowest BCUT2D eigenvalue weighted by molar-refractivity contribution is 0.0941. The molecule has 0 radical (unpaired) electrons. The van der Waals surface area contributed by atoms with Crippen LogP contribution >= 0.6 is 0 Å². The molecule has 0 bridgehead atoms. The number of nitrogens with one attached hydrogen (secondary N) is 2. The van der Waals surface area contributed by atoms with Crippen molar-refractivity contribution in [2.24, 2.45) is 0 Å². The quantitative estimate of drug-likeness (QED) is 0.879. The zero-order valence-corrected chi connectivity index (χ0v) is 11.9. The first-order valence-electron chi connectivity index (χ1n) is 6.48. The monoisotopic (exact) mass is 284 g/mol. The molecular formula is C15H16N4O2. The Kier molecular flexibility index (Phi) is 4.61. The second kappa shape index (κ2) is 6.60. The molecule has 2 amide bonds. The van der Waals surface area contributed by atoms with Crippen molar-refractivity contribution < 1.29 is 9.59 Å². The molecule has 1 heterocycles. The van der Waals surface area contributed by atoms with Crippen molar-refractivity contribution >= 4 is 11.8 Å². The van der Waals surface area contributed by atoms with Gasteiger partial charge in [0.2, 0.25) is 0 Å². The molecule has 0 aliphatic heterocycles. The predicted molar refractivity (Wildman–Crippen MR) is 77.8 cm³/mol. The Morgan fingerprint density at radius 2 is 1.76 bits per heavy atom. The average molecular weight is 284 g/mol. The van der Waals surface area contributed by atoms with E-state index in [0.717, 1.165) is 11.3 Å². The minimum atomic E-state index is -0.280. The topological polar surface area (TPSA) is 84.0 Å². The highest BCUT2D eigenvalue weighted by molar-refractivity contribution is 5.94. The van der Waals surface area contributed by atoms with Crippen LogP contribution in [-0.4, -0.2) is 28.8 Å². The van der Waals surface area contributed by atoms with Crippen molar-refractivity contribution in [3.63, 3.8) is 0 Å². The lowest BCUT2D eigenvalue weighted by Gasteiger charge is -2.06. The summed E-state index contributed by atoms with van der Waals surface area (Å²) in [5.41, 5.74) is 2.52. The van der Waals surface area contributed by atoms with Gasteiger partial charge in [0.15, 0.2) is 0 Å². The number of aromatic nitrogens is 2. The van der Waals surface area contributed by atoms with Crippen LogP contribution in [0.1, 0.15) is 32.1 Å². The molecule has 2 rings (SSSR count). The predicted octanol–water partition coefficient (Wildman–Crippen LogP) is 1.07. The Morgan fingerprint density at radius 3 is 2.33 bits per heavy atom. The fourth-order valence-corrected chi connectivity index (χ4v) is 1.70. The largest absolute Gasteiger partial charge is 0.355 e. The highest BCUT2D eigenvalue weighted by Crippen LogP contribution is 2.04. The molecule has 0 aliphatic carbocycles. The van der Waals surface area contributed by atoms with E-state index in [1.54, 1.807) is 37.5 Å². The standard InChI is InChI=1S/C15H16N4O2/c1-10-7-18-13(9-17-10)15(21)19-8-11-3-5-12(6-4-11)14(20)16-2/h3-7,9H,8H2,1-2H3,(H,16,20)(H,19,21). The molecule has 0 saturated heterocycles. The SMILES string of the molecule is CNC(=O)c1ccc(CNC(=O)c2cnc(C)cn2)cc1. The molecule has 21 heavy (non-hydrogen) atoms. The van der Waals surface area contributed by atoms with Crippen LogP contribution in [0.5, 0.6) is 0 Å². The van der Waals surface area contributed by atoms with E-state index in [4.69, 9.17) is 0 Å². The zero-order valence-electron chi connectivity index (χ0n) is 11.9. The van der Waals surface area contributed by atoms with Crippen LogP contribution in [0.3, 0.4) is 0 Å². The molecule has 6 nitrogen and oxygen atoms in total. The summed E-state index contributed by atoms with van der Waals surface area (Å²) in [6.45, 7) is 2.17. The number of aryl methyl sites for hydroxylation is 1. The van der Waals surface area contributed by atoms with E-state index < -0.39 is 0 Å². The first kappa shape index (κ1) is 14.6. The van der Waals surface area contributed by atoms with Crippen LogP contribution in [0.2, 0.25) is 0 Å². The Morgan fingerprint density at radius 1 is 1.05 bits per heavy atom. The number of rotatable bonds is 4. The lowest BCUT2D eigenvalue weighted by atomic mass is 10.1. The van der Waals surface area contributed by atoms with Gasteiger partial charge in [0, 0.05) is 25.4 Å². The highest BCUT2D eigenvalue weighted by atomic mass is 16.2. The number of carbonyl (C=O) groups is 2. The van der Waals surface area contributed by atoms with Crippen molar-refractivity contribution in [2.45, 2.75) is 13.5 Å². The number of hydrogen-bond donors (Lipinski definition) is 2. The molecule has 0 aliphatic rings. The summed E-state index contributed by atoms with van der Waals surface area (Å²) in [7, 11) is 1.58. The third kappa shape index (κ3) is 3.85. The fourth-order valence-electron chi connectivity index (χ4n) is 1.70. The average Bonchev–Trinajstić information content (AvgIpc) is 2.53. The van der Waals surface area contributed by atoms with E-state index in [-0.39, 0.29) is 17.5 Å². The molecular weight excluding hydrogens is 268 g/mol. The normalized spacial score (nSPS) is 10.0. The summed E-state index contributed by atoms with van der Waals surface area (Å²) in [6.07, 6.45) is 2.99. The number of hydrogen-bond acceptors (Lipinski definition) is 4. The van der Waals surface area contributed by atoms with Gasteiger partial charge in [-0.1, -0.05) is 12.1 Å². The smallest absolute Gasteiger partial charge is 0.271 e. The van der Waals surface area contributed by atoms with Crippen LogP contribution in [0.4, 0.5) is 0 Å². The molecule has 1 aromatic carbocycles. The third-order valence-corrected chi connectivity index (χ3v) is 2.91. The summed E-state index contributed by atoms with van der Waals surface area (Å²) in [5.74, 6) is -0.418. The first-order chi connectivity index (χ1) is 10.1. The summed E-state index contributed by atoms with van der Waals surface area (Å²) in [4.78, 5) is 31.3. The molecule has 0 saturated carbocycles. The van der Waals surface area contributed by atoms with Crippen molar-refractivity contribution in [2.75, 3.05) is 7.05 Å². The van der Waals surface area contributed by atoms with Crippen molar-refractivity contribution in [1.82, 2.24) is 20.6 Å². The first-order valence-corrected chi connectivity index (χ1v) is 6.48. The maximum Gasteiger partial charge on any atom is 0.271 e. The van der Waals surface area contributed by atoms with Gasteiger partial charge in [-0.3, -0.25) is 14.6 Å². The second-order valence-corrected chi connectivity index (χ2v) is 4.50. The molecule has 0 fully saturated rings. The van der Waals surface area contributed by atoms with Gasteiger partial charge in [-0.2, -0.15) is 0 Å². The summed E-state index contributed by atoms with van der Waals surface area (Å²) < 4.78 is 0. The Hall–Kier alpha value is -2.76. The Balaban J connectivity index is 1.95. The van der Waals surface area contributed by atoms with E-state index in [0.29, 0.717) is 12.1 Å². The number of nitrogens with zero attached hydrogens (tertiary/aromatic N) is 2. The molecule has 0 unspecified atom stereocenters. The number of benzene rings is 1. The summed E-state index contributed by atoms with van der Waals surface area (Å²) in [6, 6.07) is 7.02. The zero-order chi connectivity index (χ0) is 15.2. The van der Waals surface area contributed by atoms with Crippen LogP contribution in [-0.2, 0) is 6.54 Å². The van der Waals surface area contributed by atoms with Gasteiger partial charge >= 0.3 is 0 Å². The van der Waals surface area contributed by atoms with Crippen molar-refractivity contribution in [3.8, 4) is 0 Å². The van der Waals surface area contributed by atoms with E-state index in [2.05, 4.69) is 20.6 Å². The van der Waals surface area contributed by atoms with E-state index in [1.165, 1.54) is 6.20 Å². The summed E-state index contributed by atoms with van der Waals surface area (Å²) >= 11 is 0. The van der Waals surface area contributed by atoms with Crippen molar-refractivity contribution in [1.29, 1.82) is 0 Å².